The molecule has 0 unspecified atom stereocenters. The summed E-state index contributed by atoms with van der Waals surface area (Å²) in [6.45, 7) is 0.569. The summed E-state index contributed by atoms with van der Waals surface area (Å²) in [5.74, 6) is 0.204. The fourth-order valence-electron chi connectivity index (χ4n) is 2.07. The molecule has 0 fully saturated rings. The maximum absolute atomic E-state index is 12.2. The van der Waals surface area contributed by atoms with Gasteiger partial charge in [-0.3, -0.25) is 9.78 Å². The first kappa shape index (κ1) is 16.1. The molecule has 122 valence electrons. The molecule has 3 aromatic rings. The lowest BCUT2D eigenvalue weighted by Gasteiger charge is -2.06. The van der Waals surface area contributed by atoms with Gasteiger partial charge in [-0.05, 0) is 48.0 Å². The van der Waals surface area contributed by atoms with Crippen molar-refractivity contribution in [1.82, 2.24) is 15.2 Å². The molecule has 0 aliphatic carbocycles. The van der Waals surface area contributed by atoms with Crippen LogP contribution in [-0.4, -0.2) is 21.1 Å². The maximum Gasteiger partial charge on any atom is 0.276 e. The summed E-state index contributed by atoms with van der Waals surface area (Å²) < 4.78 is 0. The first-order chi connectivity index (χ1) is 12.2. The molecule has 7 nitrogen and oxygen atoms in total. The molecule has 0 aliphatic rings. The van der Waals surface area contributed by atoms with E-state index in [1.54, 1.807) is 48.8 Å². The molecule has 7 heteroatoms. The number of aromatic nitrogens is 3. The Hall–Kier alpha value is -3.79. The number of benzene rings is 1. The summed E-state index contributed by atoms with van der Waals surface area (Å²) in [6, 6.07) is 15.7. The highest BCUT2D eigenvalue weighted by molar-refractivity contribution is 6.02. The van der Waals surface area contributed by atoms with Gasteiger partial charge in [-0.2, -0.15) is 5.26 Å². The second-order valence-corrected chi connectivity index (χ2v) is 5.16. The van der Waals surface area contributed by atoms with Gasteiger partial charge in [0.2, 0.25) is 0 Å². The maximum atomic E-state index is 12.2. The van der Waals surface area contributed by atoms with Gasteiger partial charge in [-0.15, -0.1) is 10.2 Å². The van der Waals surface area contributed by atoms with E-state index in [-0.39, 0.29) is 11.6 Å². The molecular formula is C18H14N6O. The molecule has 0 radical (unpaired) electrons. The van der Waals surface area contributed by atoms with Crippen LogP contribution >= 0.6 is 0 Å². The second-order valence-electron chi connectivity index (χ2n) is 5.16. The van der Waals surface area contributed by atoms with Crippen molar-refractivity contribution in [3.63, 3.8) is 0 Å². The number of pyridine rings is 1. The SMILES string of the molecule is N#Cc1ccc(NC(=O)c2ccc(NCc3cccnc3)nn2)cc1. The minimum absolute atomic E-state index is 0.205. The molecule has 0 atom stereocenters. The van der Waals surface area contributed by atoms with Gasteiger partial charge in [-0.25, -0.2) is 0 Å². The number of hydrogen-bond donors (Lipinski definition) is 2. The van der Waals surface area contributed by atoms with Gasteiger partial charge in [-0.1, -0.05) is 6.07 Å². The van der Waals surface area contributed by atoms with Crippen molar-refractivity contribution < 1.29 is 4.79 Å². The van der Waals surface area contributed by atoms with Crippen LogP contribution in [0, 0.1) is 11.3 Å². The molecule has 0 saturated heterocycles. The Morgan fingerprint density at radius 2 is 1.92 bits per heavy atom. The van der Waals surface area contributed by atoms with Gasteiger partial charge in [0, 0.05) is 24.6 Å². The van der Waals surface area contributed by atoms with E-state index in [9.17, 15) is 4.79 Å². The molecule has 2 heterocycles. The molecule has 0 aliphatic heterocycles. The Morgan fingerprint density at radius 1 is 1.08 bits per heavy atom. The molecule has 2 N–H and O–H groups in total. The molecule has 1 amide bonds. The lowest BCUT2D eigenvalue weighted by molar-refractivity contribution is 0.102. The van der Waals surface area contributed by atoms with Crippen LogP contribution in [0.3, 0.4) is 0 Å². The van der Waals surface area contributed by atoms with Crippen LogP contribution in [0.1, 0.15) is 21.6 Å². The number of carbonyl (C=O) groups excluding carboxylic acids is 1. The predicted octanol–water partition coefficient (Wildman–Crippen LogP) is 2.61. The molecule has 3 rings (SSSR count). The van der Waals surface area contributed by atoms with Crippen molar-refractivity contribution in [3.8, 4) is 6.07 Å². The number of nitrogens with one attached hydrogen (secondary N) is 2. The lowest BCUT2D eigenvalue weighted by Crippen LogP contribution is -2.14. The first-order valence-electron chi connectivity index (χ1n) is 7.52. The minimum Gasteiger partial charge on any atom is -0.364 e. The third-order valence-electron chi connectivity index (χ3n) is 3.37. The zero-order valence-corrected chi connectivity index (χ0v) is 13.2. The Bertz CT molecular complexity index is 886. The van der Waals surface area contributed by atoms with Gasteiger partial charge in [0.15, 0.2) is 5.69 Å². The number of nitrogens with zero attached hydrogens (tertiary/aromatic N) is 4. The van der Waals surface area contributed by atoms with Crippen LogP contribution in [0.25, 0.3) is 0 Å². The van der Waals surface area contributed by atoms with E-state index < -0.39 is 0 Å². The number of rotatable bonds is 5. The van der Waals surface area contributed by atoms with Gasteiger partial charge in [0.05, 0.1) is 11.6 Å². The minimum atomic E-state index is -0.365. The smallest absolute Gasteiger partial charge is 0.276 e. The van der Waals surface area contributed by atoms with Crippen molar-refractivity contribution in [3.05, 3.63) is 77.7 Å². The first-order valence-corrected chi connectivity index (χ1v) is 7.52. The van der Waals surface area contributed by atoms with Crippen LogP contribution in [0.15, 0.2) is 60.9 Å². The fourth-order valence-corrected chi connectivity index (χ4v) is 2.07. The van der Waals surface area contributed by atoms with E-state index in [4.69, 9.17) is 5.26 Å². The van der Waals surface area contributed by atoms with E-state index in [0.717, 1.165) is 5.56 Å². The largest absolute Gasteiger partial charge is 0.364 e. The third-order valence-corrected chi connectivity index (χ3v) is 3.37. The molecule has 0 spiro atoms. The topological polar surface area (TPSA) is 104 Å². The number of amides is 1. The highest BCUT2D eigenvalue weighted by atomic mass is 16.1. The van der Waals surface area contributed by atoms with Crippen LogP contribution < -0.4 is 10.6 Å². The van der Waals surface area contributed by atoms with Gasteiger partial charge >= 0.3 is 0 Å². The molecular weight excluding hydrogens is 316 g/mol. The lowest BCUT2D eigenvalue weighted by atomic mass is 10.2. The van der Waals surface area contributed by atoms with Crippen molar-refractivity contribution in [1.29, 1.82) is 5.26 Å². The average molecular weight is 330 g/mol. The third kappa shape index (κ3) is 4.36. The summed E-state index contributed by atoms with van der Waals surface area (Å²) in [5, 5.41) is 22.5. The quantitative estimate of drug-likeness (QED) is 0.745. The predicted molar refractivity (Wildman–Crippen MR) is 92.7 cm³/mol. The Morgan fingerprint density at radius 3 is 2.56 bits per heavy atom. The Labute approximate surface area is 144 Å². The van der Waals surface area contributed by atoms with Gasteiger partial charge in [0.25, 0.3) is 5.91 Å². The Balaban J connectivity index is 1.59. The van der Waals surface area contributed by atoms with Crippen molar-refractivity contribution >= 4 is 17.4 Å². The monoisotopic (exact) mass is 330 g/mol. The summed E-state index contributed by atoms with van der Waals surface area (Å²) in [7, 11) is 0. The van der Waals surface area contributed by atoms with Crippen LogP contribution in [0.5, 0.6) is 0 Å². The van der Waals surface area contributed by atoms with E-state index in [1.807, 2.05) is 18.2 Å². The molecule has 25 heavy (non-hydrogen) atoms. The zero-order valence-electron chi connectivity index (χ0n) is 13.2. The highest BCUT2D eigenvalue weighted by Gasteiger charge is 2.08. The fraction of sp³-hybridized carbons (Fsp3) is 0.0556. The summed E-state index contributed by atoms with van der Waals surface area (Å²) >= 11 is 0. The van der Waals surface area contributed by atoms with E-state index in [0.29, 0.717) is 23.6 Å². The van der Waals surface area contributed by atoms with E-state index >= 15 is 0 Å². The number of hydrogen-bond acceptors (Lipinski definition) is 6. The number of carbonyl (C=O) groups is 1. The second kappa shape index (κ2) is 7.66. The molecule has 0 bridgehead atoms. The average Bonchev–Trinajstić information content (AvgIpc) is 2.68. The molecule has 0 saturated carbocycles. The van der Waals surface area contributed by atoms with Crippen LogP contribution in [0.2, 0.25) is 0 Å². The van der Waals surface area contributed by atoms with Crippen LogP contribution in [-0.2, 0) is 6.54 Å². The Kier molecular flexibility index (Phi) is 4.93. The van der Waals surface area contributed by atoms with Gasteiger partial charge in [0.1, 0.15) is 5.82 Å². The number of anilines is 2. The standard InChI is InChI=1S/C18H14N6O/c19-10-13-3-5-15(6-4-13)22-18(25)16-7-8-17(24-23-16)21-12-14-2-1-9-20-11-14/h1-9,11H,12H2,(H,21,24)(H,22,25). The highest BCUT2D eigenvalue weighted by Crippen LogP contribution is 2.11. The van der Waals surface area contributed by atoms with E-state index in [2.05, 4.69) is 25.8 Å². The number of nitriles is 1. The zero-order chi connectivity index (χ0) is 17.5. The van der Waals surface area contributed by atoms with Crippen molar-refractivity contribution in [2.45, 2.75) is 6.54 Å². The normalized spacial score (nSPS) is 9.88. The van der Waals surface area contributed by atoms with Gasteiger partial charge < -0.3 is 10.6 Å². The summed E-state index contributed by atoms with van der Waals surface area (Å²) in [4.78, 5) is 16.2. The molecule has 2 aromatic heterocycles. The summed E-state index contributed by atoms with van der Waals surface area (Å²) in [5.41, 5.74) is 2.34. The molecule has 1 aromatic carbocycles. The van der Waals surface area contributed by atoms with Crippen molar-refractivity contribution in [2.24, 2.45) is 0 Å². The summed E-state index contributed by atoms with van der Waals surface area (Å²) in [6.07, 6.45) is 3.48. The van der Waals surface area contributed by atoms with Crippen LogP contribution in [0.4, 0.5) is 11.5 Å². The van der Waals surface area contributed by atoms with Crippen molar-refractivity contribution in [2.75, 3.05) is 10.6 Å². The van der Waals surface area contributed by atoms with E-state index in [1.165, 1.54) is 0 Å².